The number of rotatable bonds is 6. The zero-order valence-corrected chi connectivity index (χ0v) is 33.0. The molecule has 54 heavy (non-hydrogen) atoms. The summed E-state index contributed by atoms with van der Waals surface area (Å²) in [6.45, 7) is 14.7. The van der Waals surface area contributed by atoms with Crippen molar-refractivity contribution in [2.24, 2.45) is 56.7 Å². The van der Waals surface area contributed by atoms with Crippen LogP contribution in [0.15, 0.2) is 11.6 Å². The van der Waals surface area contributed by atoms with E-state index in [4.69, 9.17) is 18.9 Å². The summed E-state index contributed by atoms with van der Waals surface area (Å²) in [5.41, 5.74) is -0.0182. The molecule has 4 saturated carbocycles. The fourth-order valence-electron chi connectivity index (χ4n) is 13.5. The molecular formula is C41H66O13. The van der Waals surface area contributed by atoms with Gasteiger partial charge in [-0.2, -0.15) is 0 Å². The van der Waals surface area contributed by atoms with Gasteiger partial charge < -0.3 is 59.8 Å². The minimum Gasteiger partial charge on any atom is -0.432 e. The molecule has 13 nitrogen and oxygen atoms in total. The second-order valence-electron chi connectivity index (χ2n) is 20.1. The highest BCUT2D eigenvalue weighted by molar-refractivity contribution is 5.73. The van der Waals surface area contributed by atoms with Crippen LogP contribution in [0.2, 0.25) is 0 Å². The van der Waals surface area contributed by atoms with E-state index in [9.17, 15) is 45.6 Å². The Balaban J connectivity index is 1.14. The number of fused-ring (bicyclic) bond motifs is 7. The molecule has 19 atom stereocenters. The van der Waals surface area contributed by atoms with Crippen LogP contribution in [0.3, 0.4) is 0 Å². The fraction of sp³-hybridized carbons (Fsp3) is 0.927. The standard InChI is InChI=1S/C41H66O13/c1-37(2)16-20(34(50)54-36-32(48)30(46)28(44)22(17-42)52-36)19-10-14-40(6)21(27(19)33(37)49)8-9-25-39(5)13-12-26(38(3,4)24(39)11-15-41(25,40)7)53-35-31(47)29(45)23(18-43)51-35/h8,19-20,22-33,35-36,42-49H,9-18H2,1-7H3/t19-,20+,22+,23+,24-,25+,26-,27+,28+,29+,30-,31-,32+,33-,35+,36-,39-,40+,41+/m0/s1. The second kappa shape index (κ2) is 14.0. The van der Waals surface area contributed by atoms with Gasteiger partial charge in [-0.05, 0) is 96.2 Å². The van der Waals surface area contributed by atoms with Gasteiger partial charge in [0, 0.05) is 5.92 Å². The first-order valence-corrected chi connectivity index (χ1v) is 20.4. The molecule has 2 aliphatic heterocycles. The van der Waals surface area contributed by atoms with E-state index < -0.39 is 91.9 Å². The highest BCUT2D eigenvalue weighted by atomic mass is 16.7. The summed E-state index contributed by atoms with van der Waals surface area (Å²) >= 11 is 0. The van der Waals surface area contributed by atoms with Crippen molar-refractivity contribution in [3.8, 4) is 0 Å². The Morgan fingerprint density at radius 2 is 1.37 bits per heavy atom. The van der Waals surface area contributed by atoms with E-state index >= 15 is 0 Å². The third-order valence-electron chi connectivity index (χ3n) is 16.8. The first-order chi connectivity index (χ1) is 25.2. The SMILES string of the molecule is CC1(C)C[C@@H](C(=O)O[C@@H]2O[C@H](CO)[C@@H](O)[C@H](O)[C@H]2O)[C@@H]2CC[C@]3(C)C(=CC[C@@H]4[C@@]5(C)CC[C@H](O[C@H]6O[C@H](CO)[C@@H](O)[C@@H]6O)C(C)(C)[C@@H]5CC[C@]43C)[C@@H]2[C@@H]1O. The van der Waals surface area contributed by atoms with Crippen LogP contribution in [-0.4, -0.2) is 128 Å². The van der Waals surface area contributed by atoms with E-state index in [0.29, 0.717) is 24.7 Å². The van der Waals surface area contributed by atoms with Gasteiger partial charge >= 0.3 is 5.97 Å². The van der Waals surface area contributed by atoms with Crippen LogP contribution >= 0.6 is 0 Å². The van der Waals surface area contributed by atoms with E-state index in [1.807, 2.05) is 13.8 Å². The van der Waals surface area contributed by atoms with Gasteiger partial charge in [0.1, 0.15) is 42.7 Å². The van der Waals surface area contributed by atoms with Gasteiger partial charge in [0.05, 0.1) is 31.3 Å². The zero-order chi connectivity index (χ0) is 39.5. The zero-order valence-electron chi connectivity index (χ0n) is 33.0. The third-order valence-corrected chi connectivity index (χ3v) is 16.8. The summed E-state index contributed by atoms with van der Waals surface area (Å²) in [4.78, 5) is 14.1. The number of hydrogen-bond donors (Lipinski definition) is 8. The van der Waals surface area contributed by atoms with Gasteiger partial charge in [0.25, 0.3) is 0 Å². The molecule has 308 valence electrons. The van der Waals surface area contributed by atoms with Crippen LogP contribution in [0.5, 0.6) is 0 Å². The molecule has 0 spiro atoms. The van der Waals surface area contributed by atoms with Crippen LogP contribution in [0.4, 0.5) is 0 Å². The van der Waals surface area contributed by atoms with Crippen molar-refractivity contribution in [3.05, 3.63) is 11.6 Å². The smallest absolute Gasteiger partial charge is 0.311 e. The normalized spacial score (nSPS) is 53.6. The quantitative estimate of drug-likeness (QED) is 0.143. The van der Waals surface area contributed by atoms with Crippen molar-refractivity contribution in [1.82, 2.24) is 0 Å². The maximum absolute atomic E-state index is 14.1. The molecule has 13 heteroatoms. The lowest BCUT2D eigenvalue weighted by molar-refractivity contribution is -0.295. The van der Waals surface area contributed by atoms with Gasteiger partial charge in [0.2, 0.25) is 6.29 Å². The Morgan fingerprint density at radius 1 is 0.759 bits per heavy atom. The molecule has 8 N–H and O–H groups in total. The Bertz CT molecular complexity index is 1450. The Hall–Kier alpha value is -1.23. The Labute approximate surface area is 319 Å². The monoisotopic (exact) mass is 766 g/mol. The second-order valence-corrected chi connectivity index (χ2v) is 20.1. The van der Waals surface area contributed by atoms with Crippen molar-refractivity contribution in [3.63, 3.8) is 0 Å². The number of aliphatic hydroxyl groups excluding tert-OH is 8. The van der Waals surface area contributed by atoms with Crippen LogP contribution in [0.25, 0.3) is 0 Å². The Morgan fingerprint density at radius 3 is 2.02 bits per heavy atom. The number of esters is 1. The summed E-state index contributed by atoms with van der Waals surface area (Å²) in [5, 5.41) is 83.7. The molecule has 0 aromatic rings. The summed E-state index contributed by atoms with van der Waals surface area (Å²) in [7, 11) is 0. The first kappa shape index (κ1) is 40.9. The molecule has 0 radical (unpaired) electrons. The van der Waals surface area contributed by atoms with Crippen LogP contribution in [-0.2, 0) is 23.7 Å². The van der Waals surface area contributed by atoms with E-state index in [1.165, 1.54) is 5.57 Å². The van der Waals surface area contributed by atoms with Gasteiger partial charge in [-0.25, -0.2) is 0 Å². The topological polar surface area (TPSA) is 216 Å². The molecule has 6 fully saturated rings. The number of carbonyl (C=O) groups excluding carboxylic acids is 1. The van der Waals surface area contributed by atoms with Crippen LogP contribution < -0.4 is 0 Å². The number of carbonyl (C=O) groups is 1. The molecule has 2 heterocycles. The number of aliphatic hydroxyl groups is 8. The van der Waals surface area contributed by atoms with Gasteiger partial charge in [-0.3, -0.25) is 4.79 Å². The van der Waals surface area contributed by atoms with E-state index in [0.717, 1.165) is 38.5 Å². The van der Waals surface area contributed by atoms with Crippen molar-refractivity contribution >= 4 is 5.97 Å². The van der Waals surface area contributed by atoms with Gasteiger partial charge in [-0.1, -0.05) is 60.1 Å². The summed E-state index contributed by atoms with van der Waals surface area (Å²) < 4.78 is 23.5. The lowest BCUT2D eigenvalue weighted by Crippen LogP contribution is -2.65. The lowest BCUT2D eigenvalue weighted by atomic mass is 9.34. The highest BCUT2D eigenvalue weighted by Crippen LogP contribution is 2.75. The maximum Gasteiger partial charge on any atom is 0.311 e. The number of hydrogen-bond acceptors (Lipinski definition) is 13. The van der Waals surface area contributed by atoms with E-state index in [-0.39, 0.29) is 39.6 Å². The van der Waals surface area contributed by atoms with Gasteiger partial charge in [-0.15, -0.1) is 0 Å². The predicted molar refractivity (Wildman–Crippen MR) is 193 cm³/mol. The maximum atomic E-state index is 14.1. The average molecular weight is 767 g/mol. The van der Waals surface area contributed by atoms with Crippen molar-refractivity contribution in [2.45, 2.75) is 167 Å². The Kier molecular flexibility index (Phi) is 10.6. The summed E-state index contributed by atoms with van der Waals surface area (Å²) in [6, 6.07) is 0. The molecule has 7 rings (SSSR count). The molecule has 0 aromatic carbocycles. The number of ether oxygens (including phenoxy) is 4. The molecular weight excluding hydrogens is 700 g/mol. The highest BCUT2D eigenvalue weighted by Gasteiger charge is 2.69. The van der Waals surface area contributed by atoms with Crippen molar-refractivity contribution < 1.29 is 64.6 Å². The van der Waals surface area contributed by atoms with Crippen LogP contribution in [0, 0.1) is 56.7 Å². The predicted octanol–water partition coefficient (Wildman–Crippen LogP) is 1.78. The minimum absolute atomic E-state index is 0.0251. The van der Waals surface area contributed by atoms with Crippen molar-refractivity contribution in [1.29, 1.82) is 0 Å². The molecule has 0 bridgehead atoms. The molecule has 5 aliphatic carbocycles. The van der Waals surface area contributed by atoms with Crippen LogP contribution in [0.1, 0.15) is 99.8 Å². The average Bonchev–Trinajstić information content (AvgIpc) is 3.39. The lowest BCUT2D eigenvalue weighted by Gasteiger charge is -2.71. The molecule has 0 amide bonds. The third kappa shape index (κ3) is 5.92. The molecule has 2 saturated heterocycles. The van der Waals surface area contributed by atoms with Crippen molar-refractivity contribution in [2.75, 3.05) is 13.2 Å². The molecule has 7 aliphatic rings. The van der Waals surface area contributed by atoms with E-state index in [1.54, 1.807) is 0 Å². The molecule has 0 unspecified atom stereocenters. The first-order valence-electron chi connectivity index (χ1n) is 20.4. The summed E-state index contributed by atoms with van der Waals surface area (Å²) in [5.74, 6) is -1.000. The van der Waals surface area contributed by atoms with E-state index in [2.05, 4.69) is 40.7 Å². The summed E-state index contributed by atoms with van der Waals surface area (Å²) in [6.07, 6.45) is -4.07. The van der Waals surface area contributed by atoms with Gasteiger partial charge in [0.15, 0.2) is 6.29 Å². The minimum atomic E-state index is -1.69. The molecule has 0 aromatic heterocycles. The fourth-order valence-corrected chi connectivity index (χ4v) is 13.5. The number of allylic oxidation sites excluding steroid dienone is 1. The largest absolute Gasteiger partial charge is 0.432 e.